The third kappa shape index (κ3) is 3.89. The summed E-state index contributed by atoms with van der Waals surface area (Å²) >= 11 is 0. The van der Waals surface area contributed by atoms with Gasteiger partial charge in [-0.2, -0.15) is 4.31 Å². The molecule has 1 aromatic carbocycles. The highest BCUT2D eigenvalue weighted by Gasteiger charge is 2.31. The zero-order valence-electron chi connectivity index (χ0n) is 12.6. The molecule has 0 aromatic heterocycles. The lowest BCUT2D eigenvalue weighted by atomic mass is 10.4. The highest BCUT2D eigenvalue weighted by atomic mass is 32.2. The van der Waals surface area contributed by atoms with Crippen molar-refractivity contribution in [3.05, 3.63) is 24.3 Å². The molecule has 0 radical (unpaired) electrons. The minimum absolute atomic E-state index is 0.0303. The Hall–Kier alpha value is -1.49. The smallest absolute Gasteiger partial charge is 0.321 e. The van der Waals surface area contributed by atoms with E-state index in [9.17, 15) is 21.6 Å². The van der Waals surface area contributed by atoms with E-state index in [1.165, 1.54) is 19.1 Å². The Morgan fingerprint density at radius 3 is 2.09 bits per heavy atom. The lowest BCUT2D eigenvalue weighted by molar-refractivity contribution is -0.140. The molecule has 0 amide bonds. The third-order valence-electron chi connectivity index (χ3n) is 3.61. The van der Waals surface area contributed by atoms with Crippen LogP contribution >= 0.6 is 0 Å². The van der Waals surface area contributed by atoms with Crippen LogP contribution in [0.5, 0.6) is 0 Å². The summed E-state index contributed by atoms with van der Waals surface area (Å²) in [5.74, 6) is -1.27. The predicted molar refractivity (Wildman–Crippen MR) is 81.8 cm³/mol. The van der Waals surface area contributed by atoms with Crippen LogP contribution in [0.4, 0.5) is 0 Å². The Morgan fingerprint density at radius 1 is 1.17 bits per heavy atom. The average Bonchev–Trinajstić information content (AvgIpc) is 3.28. The summed E-state index contributed by atoms with van der Waals surface area (Å²) in [4.78, 5) is 10.7. The summed E-state index contributed by atoms with van der Waals surface area (Å²) in [6, 6.07) is 3.41. The number of likely N-dealkylation sites (N-methyl/N-ethyl adjacent to an activating group) is 1. The molecule has 1 aliphatic carbocycles. The van der Waals surface area contributed by atoms with Crippen LogP contribution in [0.2, 0.25) is 0 Å². The van der Waals surface area contributed by atoms with Gasteiger partial charge in [0.2, 0.25) is 20.0 Å². The van der Waals surface area contributed by atoms with Crippen molar-refractivity contribution in [2.24, 2.45) is 0 Å². The van der Waals surface area contributed by atoms with Crippen LogP contribution in [0.25, 0.3) is 0 Å². The normalized spacial score (nSPS) is 17.2. The number of nitrogens with zero attached hydrogens (tertiary/aromatic N) is 1. The second kappa shape index (κ2) is 6.19. The molecule has 0 aliphatic heterocycles. The molecule has 2 N–H and O–H groups in total. The van der Waals surface area contributed by atoms with Crippen molar-refractivity contribution in [2.75, 3.05) is 7.05 Å². The van der Waals surface area contributed by atoms with Crippen LogP contribution < -0.4 is 4.72 Å². The number of rotatable bonds is 7. The van der Waals surface area contributed by atoms with E-state index < -0.39 is 32.1 Å². The van der Waals surface area contributed by atoms with E-state index in [0.29, 0.717) is 0 Å². The lowest BCUT2D eigenvalue weighted by Crippen LogP contribution is -2.40. The van der Waals surface area contributed by atoms with E-state index in [4.69, 9.17) is 5.11 Å². The number of carboxylic acids is 1. The number of benzene rings is 1. The van der Waals surface area contributed by atoms with Gasteiger partial charge in [0.05, 0.1) is 9.79 Å². The van der Waals surface area contributed by atoms with Crippen molar-refractivity contribution in [3.8, 4) is 0 Å². The second-order valence-corrected chi connectivity index (χ2v) is 9.11. The van der Waals surface area contributed by atoms with Crippen LogP contribution in [-0.4, -0.2) is 51.3 Å². The first-order valence-electron chi connectivity index (χ1n) is 6.89. The van der Waals surface area contributed by atoms with Gasteiger partial charge in [0.1, 0.15) is 6.04 Å². The van der Waals surface area contributed by atoms with Gasteiger partial charge >= 0.3 is 5.97 Å². The molecule has 1 atom stereocenters. The molecule has 10 heteroatoms. The first-order valence-corrected chi connectivity index (χ1v) is 9.81. The van der Waals surface area contributed by atoms with Crippen molar-refractivity contribution in [3.63, 3.8) is 0 Å². The number of hydrogen-bond donors (Lipinski definition) is 2. The Bertz CT molecular complexity index is 797. The van der Waals surface area contributed by atoms with E-state index in [2.05, 4.69) is 4.72 Å². The molecule has 1 aliphatic rings. The third-order valence-corrected chi connectivity index (χ3v) is 7.09. The number of hydrogen-bond acceptors (Lipinski definition) is 5. The summed E-state index contributed by atoms with van der Waals surface area (Å²) in [6.45, 7) is 1.25. The predicted octanol–water partition coefficient (Wildman–Crippen LogP) is 0.221. The molecule has 1 aromatic rings. The minimum Gasteiger partial charge on any atom is -0.480 e. The van der Waals surface area contributed by atoms with Gasteiger partial charge < -0.3 is 5.11 Å². The fourth-order valence-electron chi connectivity index (χ4n) is 1.81. The zero-order valence-corrected chi connectivity index (χ0v) is 14.3. The number of carbonyl (C=O) groups is 1. The van der Waals surface area contributed by atoms with Crippen molar-refractivity contribution in [1.29, 1.82) is 0 Å². The van der Waals surface area contributed by atoms with Crippen molar-refractivity contribution >= 4 is 26.0 Å². The van der Waals surface area contributed by atoms with Crippen molar-refractivity contribution in [2.45, 2.75) is 41.6 Å². The topological polar surface area (TPSA) is 121 Å². The van der Waals surface area contributed by atoms with Crippen LogP contribution in [0.3, 0.4) is 0 Å². The van der Waals surface area contributed by atoms with Gasteiger partial charge in [-0.15, -0.1) is 0 Å². The van der Waals surface area contributed by atoms with Crippen molar-refractivity contribution < 1.29 is 26.7 Å². The number of aliphatic carboxylic acids is 1. The Morgan fingerprint density at radius 2 is 1.65 bits per heavy atom. The van der Waals surface area contributed by atoms with Crippen molar-refractivity contribution in [1.82, 2.24) is 9.03 Å². The molecule has 128 valence electrons. The molecular formula is C13H18N2O6S2. The fraction of sp³-hybridized carbons (Fsp3) is 0.462. The number of carboxylic acid groups (broad SMARTS) is 1. The first-order chi connectivity index (χ1) is 10.6. The Kier molecular flexibility index (Phi) is 4.81. The molecule has 23 heavy (non-hydrogen) atoms. The van der Waals surface area contributed by atoms with Gasteiger partial charge in [0.25, 0.3) is 0 Å². The van der Waals surface area contributed by atoms with Gasteiger partial charge in [0.15, 0.2) is 0 Å². The molecule has 0 saturated heterocycles. The maximum atomic E-state index is 12.3. The Balaban J connectivity index is 2.26. The summed E-state index contributed by atoms with van der Waals surface area (Å²) in [5.41, 5.74) is 0. The second-order valence-electron chi connectivity index (χ2n) is 5.40. The SMILES string of the molecule is CC(C(=O)O)N(C)S(=O)(=O)c1ccc(S(=O)(=O)NC2CC2)cc1. The first kappa shape index (κ1) is 17.9. The average molecular weight is 362 g/mol. The van der Waals surface area contributed by atoms with E-state index in [-0.39, 0.29) is 15.8 Å². The summed E-state index contributed by atoms with van der Waals surface area (Å²) in [7, 11) is -6.52. The zero-order chi connectivity index (χ0) is 17.4. The maximum absolute atomic E-state index is 12.3. The molecule has 2 rings (SSSR count). The minimum atomic E-state index is -4.02. The highest BCUT2D eigenvalue weighted by molar-refractivity contribution is 7.89. The summed E-state index contributed by atoms with van der Waals surface area (Å²) in [6.07, 6.45) is 1.59. The molecular weight excluding hydrogens is 344 g/mol. The molecule has 1 unspecified atom stereocenters. The molecule has 0 bridgehead atoms. The van der Waals surface area contributed by atoms with E-state index in [0.717, 1.165) is 36.3 Å². The van der Waals surface area contributed by atoms with Gasteiger partial charge in [0, 0.05) is 13.1 Å². The maximum Gasteiger partial charge on any atom is 0.321 e. The van der Waals surface area contributed by atoms with Crippen LogP contribution in [0, 0.1) is 0 Å². The molecule has 0 heterocycles. The molecule has 1 fully saturated rings. The van der Waals surface area contributed by atoms with E-state index in [1.807, 2.05) is 0 Å². The molecule has 0 spiro atoms. The largest absolute Gasteiger partial charge is 0.480 e. The quantitative estimate of drug-likeness (QED) is 0.716. The van der Waals surface area contributed by atoms with Crippen LogP contribution in [-0.2, 0) is 24.8 Å². The van der Waals surface area contributed by atoms with E-state index in [1.54, 1.807) is 0 Å². The fourth-order valence-corrected chi connectivity index (χ4v) is 4.43. The van der Waals surface area contributed by atoms with Gasteiger partial charge in [-0.1, -0.05) is 0 Å². The number of sulfonamides is 2. The lowest BCUT2D eigenvalue weighted by Gasteiger charge is -2.21. The molecule has 1 saturated carbocycles. The van der Waals surface area contributed by atoms with E-state index >= 15 is 0 Å². The van der Waals surface area contributed by atoms with Gasteiger partial charge in [-0.05, 0) is 44.0 Å². The summed E-state index contributed by atoms with van der Waals surface area (Å²) < 4.78 is 51.9. The standard InChI is InChI=1S/C13H18N2O6S2/c1-9(13(16)17)15(2)23(20,21)12-7-5-11(6-8-12)22(18,19)14-10-3-4-10/h5-10,14H,3-4H2,1-2H3,(H,16,17). The highest BCUT2D eigenvalue weighted by Crippen LogP contribution is 2.23. The monoisotopic (exact) mass is 362 g/mol. The number of nitrogens with one attached hydrogen (secondary N) is 1. The summed E-state index contributed by atoms with van der Waals surface area (Å²) in [5, 5.41) is 8.91. The van der Waals surface area contributed by atoms with Crippen LogP contribution in [0.15, 0.2) is 34.1 Å². The Labute approximate surface area is 135 Å². The van der Waals surface area contributed by atoms with Crippen LogP contribution in [0.1, 0.15) is 19.8 Å². The molecule has 8 nitrogen and oxygen atoms in total. The van der Waals surface area contributed by atoms with Gasteiger partial charge in [-0.3, -0.25) is 4.79 Å². The van der Waals surface area contributed by atoms with Gasteiger partial charge in [-0.25, -0.2) is 21.6 Å².